The summed E-state index contributed by atoms with van der Waals surface area (Å²) in [4.78, 5) is 17.2. The molecular formula is C21H16F3N3O4. The molecule has 0 radical (unpaired) electrons. The third kappa shape index (κ3) is 4.04. The van der Waals surface area contributed by atoms with Crippen LogP contribution in [0.3, 0.4) is 0 Å². The van der Waals surface area contributed by atoms with Crippen LogP contribution < -0.4 is 15.2 Å². The van der Waals surface area contributed by atoms with Crippen molar-refractivity contribution in [2.75, 3.05) is 7.11 Å². The summed E-state index contributed by atoms with van der Waals surface area (Å²) in [6.07, 6.45) is -1.96. The Kier molecular flexibility index (Phi) is 5.05. The fraction of sp³-hybridized carbons (Fsp3) is 0.143. The number of nitrogens with zero attached hydrogens (tertiary/aromatic N) is 3. The van der Waals surface area contributed by atoms with E-state index in [-0.39, 0.29) is 18.1 Å². The van der Waals surface area contributed by atoms with E-state index in [1.54, 1.807) is 24.4 Å². The molecule has 0 spiro atoms. The number of aromatic hydroxyl groups is 1. The predicted molar refractivity (Wildman–Crippen MR) is 106 cm³/mol. The summed E-state index contributed by atoms with van der Waals surface area (Å²) >= 11 is 0. The Bertz CT molecular complexity index is 1290. The number of fused-ring (bicyclic) bond motifs is 1. The van der Waals surface area contributed by atoms with E-state index in [0.717, 1.165) is 27.6 Å². The quantitative estimate of drug-likeness (QED) is 0.519. The van der Waals surface area contributed by atoms with Gasteiger partial charge in [-0.1, -0.05) is 6.07 Å². The zero-order valence-electron chi connectivity index (χ0n) is 16.1. The number of aromatic nitrogens is 3. The number of pyridine rings is 1. The third-order valence-corrected chi connectivity index (χ3v) is 4.64. The molecule has 2 aromatic carbocycles. The van der Waals surface area contributed by atoms with Crippen molar-refractivity contribution in [3.8, 4) is 23.1 Å². The highest BCUT2D eigenvalue weighted by Crippen LogP contribution is 2.28. The molecule has 10 heteroatoms. The van der Waals surface area contributed by atoms with Gasteiger partial charge in [0.1, 0.15) is 11.5 Å². The lowest BCUT2D eigenvalue weighted by Gasteiger charge is -2.10. The summed E-state index contributed by atoms with van der Waals surface area (Å²) in [5, 5.41) is 11.0. The Morgan fingerprint density at radius 2 is 1.84 bits per heavy atom. The molecule has 1 N–H and O–H groups in total. The smallest absolute Gasteiger partial charge is 0.496 e. The van der Waals surface area contributed by atoms with Crippen LogP contribution in [0.4, 0.5) is 13.2 Å². The molecule has 0 atom stereocenters. The Labute approximate surface area is 173 Å². The van der Waals surface area contributed by atoms with Gasteiger partial charge in [-0.15, -0.1) is 13.2 Å². The second-order valence-electron chi connectivity index (χ2n) is 6.60. The number of rotatable bonds is 5. The predicted octanol–water partition coefficient (Wildman–Crippen LogP) is 3.85. The highest BCUT2D eigenvalue weighted by atomic mass is 19.4. The van der Waals surface area contributed by atoms with Crippen LogP contribution in [0.5, 0.6) is 17.4 Å². The first-order valence-corrected chi connectivity index (χ1v) is 9.05. The Balaban J connectivity index is 1.70. The SMILES string of the molecule is COc1cccc2nccc(Cn3cc(O)n(-c4ccc(OC(F)(F)F)cc4)c3=O)c12. The Morgan fingerprint density at radius 3 is 2.52 bits per heavy atom. The number of hydrogen-bond donors (Lipinski definition) is 1. The molecular weight excluding hydrogens is 415 g/mol. The standard InChI is InChI=1S/C21H16F3N3O4/c1-30-17-4-2-3-16-19(17)13(9-10-25-16)11-26-12-18(28)27(20(26)29)14-5-7-15(8-6-14)31-21(22,23)24/h2-10,12,28H,11H2,1H3. The van der Waals surface area contributed by atoms with Gasteiger partial charge in [0.25, 0.3) is 0 Å². The van der Waals surface area contributed by atoms with Gasteiger partial charge in [0, 0.05) is 11.6 Å². The van der Waals surface area contributed by atoms with Crippen LogP contribution in [0.1, 0.15) is 5.56 Å². The number of halogens is 3. The first kappa shape index (κ1) is 20.3. The minimum Gasteiger partial charge on any atom is -0.496 e. The second-order valence-corrected chi connectivity index (χ2v) is 6.60. The molecule has 0 bridgehead atoms. The maximum Gasteiger partial charge on any atom is 0.573 e. The lowest BCUT2D eigenvalue weighted by Crippen LogP contribution is -2.23. The molecule has 0 unspecified atom stereocenters. The van der Waals surface area contributed by atoms with Gasteiger partial charge in [0.05, 0.1) is 31.1 Å². The third-order valence-electron chi connectivity index (χ3n) is 4.64. The zero-order chi connectivity index (χ0) is 22.2. The van der Waals surface area contributed by atoms with E-state index in [9.17, 15) is 23.1 Å². The van der Waals surface area contributed by atoms with Gasteiger partial charge in [-0.25, -0.2) is 9.36 Å². The molecule has 160 valence electrons. The largest absolute Gasteiger partial charge is 0.573 e. The monoisotopic (exact) mass is 431 g/mol. The molecule has 0 saturated carbocycles. The first-order chi connectivity index (χ1) is 14.8. The molecule has 4 rings (SSSR count). The molecule has 4 aromatic rings. The molecule has 31 heavy (non-hydrogen) atoms. The van der Waals surface area contributed by atoms with Gasteiger partial charge in [-0.3, -0.25) is 9.55 Å². The van der Waals surface area contributed by atoms with Crippen molar-refractivity contribution in [1.82, 2.24) is 14.1 Å². The molecule has 7 nitrogen and oxygen atoms in total. The van der Waals surface area contributed by atoms with Gasteiger partial charge < -0.3 is 14.6 Å². The summed E-state index contributed by atoms with van der Waals surface area (Å²) in [7, 11) is 1.53. The molecule has 2 heterocycles. The van der Waals surface area contributed by atoms with Crippen molar-refractivity contribution in [2.45, 2.75) is 12.9 Å². The average Bonchev–Trinajstić information content (AvgIpc) is 3.00. The maximum absolute atomic E-state index is 12.9. The van der Waals surface area contributed by atoms with Crippen LogP contribution in [0, 0.1) is 0 Å². The summed E-state index contributed by atoms with van der Waals surface area (Å²) in [5.74, 6) is -0.198. The van der Waals surface area contributed by atoms with Crippen LogP contribution in [0.15, 0.2) is 65.7 Å². The molecule has 0 aliphatic heterocycles. The first-order valence-electron chi connectivity index (χ1n) is 9.05. The summed E-state index contributed by atoms with van der Waals surface area (Å²) in [5.41, 5.74) is 1.05. The summed E-state index contributed by atoms with van der Waals surface area (Å²) < 4.78 is 48.5. The van der Waals surface area contributed by atoms with Crippen LogP contribution in [0.25, 0.3) is 16.6 Å². The highest BCUT2D eigenvalue weighted by molar-refractivity contribution is 5.88. The van der Waals surface area contributed by atoms with Crippen LogP contribution in [0.2, 0.25) is 0 Å². The number of alkyl halides is 3. The van der Waals surface area contributed by atoms with Gasteiger partial charge in [0.15, 0.2) is 0 Å². The van der Waals surface area contributed by atoms with Crippen molar-refractivity contribution in [3.05, 3.63) is 77.0 Å². The Hall–Kier alpha value is -3.95. The van der Waals surface area contributed by atoms with Crippen molar-refractivity contribution >= 4 is 10.9 Å². The number of hydrogen-bond acceptors (Lipinski definition) is 5. The Morgan fingerprint density at radius 1 is 1.10 bits per heavy atom. The van der Waals surface area contributed by atoms with Crippen molar-refractivity contribution in [3.63, 3.8) is 0 Å². The maximum atomic E-state index is 12.9. The van der Waals surface area contributed by atoms with Crippen LogP contribution >= 0.6 is 0 Å². The van der Waals surface area contributed by atoms with E-state index in [4.69, 9.17) is 4.74 Å². The molecule has 0 fully saturated rings. The van der Waals surface area contributed by atoms with E-state index < -0.39 is 17.8 Å². The van der Waals surface area contributed by atoms with E-state index in [2.05, 4.69) is 9.72 Å². The average molecular weight is 431 g/mol. The fourth-order valence-corrected chi connectivity index (χ4v) is 3.36. The molecule has 0 aliphatic rings. The molecule has 0 amide bonds. The lowest BCUT2D eigenvalue weighted by molar-refractivity contribution is -0.274. The molecule has 2 aromatic heterocycles. The topological polar surface area (TPSA) is 78.5 Å². The zero-order valence-corrected chi connectivity index (χ0v) is 16.1. The van der Waals surface area contributed by atoms with Gasteiger partial charge >= 0.3 is 12.1 Å². The van der Waals surface area contributed by atoms with E-state index in [1.807, 2.05) is 6.07 Å². The van der Waals surface area contributed by atoms with Crippen molar-refractivity contribution in [1.29, 1.82) is 0 Å². The van der Waals surface area contributed by atoms with Crippen molar-refractivity contribution < 1.29 is 27.8 Å². The summed E-state index contributed by atoms with van der Waals surface area (Å²) in [6, 6.07) is 11.8. The van der Waals surface area contributed by atoms with Crippen LogP contribution in [-0.2, 0) is 6.54 Å². The van der Waals surface area contributed by atoms with Gasteiger partial charge in [0.2, 0.25) is 5.88 Å². The normalized spacial score (nSPS) is 11.6. The number of methoxy groups -OCH3 is 1. The summed E-state index contributed by atoms with van der Waals surface area (Å²) in [6.45, 7) is 0.119. The van der Waals surface area contributed by atoms with E-state index >= 15 is 0 Å². The minimum absolute atomic E-state index is 0.119. The highest BCUT2D eigenvalue weighted by Gasteiger charge is 2.31. The minimum atomic E-state index is -4.82. The number of ether oxygens (including phenoxy) is 2. The van der Waals surface area contributed by atoms with E-state index in [0.29, 0.717) is 11.3 Å². The number of imidazole rings is 1. The van der Waals surface area contributed by atoms with E-state index in [1.165, 1.54) is 30.0 Å². The van der Waals surface area contributed by atoms with Crippen molar-refractivity contribution in [2.24, 2.45) is 0 Å². The van der Waals surface area contributed by atoms with Gasteiger partial charge in [-0.05, 0) is 48.0 Å². The number of benzene rings is 2. The lowest BCUT2D eigenvalue weighted by atomic mass is 10.1. The van der Waals surface area contributed by atoms with Gasteiger partial charge in [-0.2, -0.15) is 0 Å². The molecule has 0 saturated heterocycles. The van der Waals surface area contributed by atoms with Crippen LogP contribution in [-0.4, -0.2) is 32.7 Å². The second kappa shape index (κ2) is 7.71. The molecule has 0 aliphatic carbocycles. The fourth-order valence-electron chi connectivity index (χ4n) is 3.36.